The van der Waals surface area contributed by atoms with Gasteiger partial charge in [-0.25, -0.2) is 4.68 Å². The van der Waals surface area contributed by atoms with E-state index in [4.69, 9.17) is 0 Å². The van der Waals surface area contributed by atoms with Crippen molar-refractivity contribution in [2.24, 2.45) is 0 Å². The maximum absolute atomic E-state index is 12.7. The molecule has 0 fully saturated rings. The molecule has 26 heavy (non-hydrogen) atoms. The number of rotatable bonds is 4. The summed E-state index contributed by atoms with van der Waals surface area (Å²) in [5, 5.41) is 8.61. The van der Waals surface area contributed by atoms with Crippen LogP contribution in [0.5, 0.6) is 0 Å². The van der Waals surface area contributed by atoms with E-state index in [1.807, 2.05) is 44.3 Å². The Balaban J connectivity index is 1.59. The molecule has 130 valence electrons. The van der Waals surface area contributed by atoms with Gasteiger partial charge in [-0.15, -0.1) is 0 Å². The summed E-state index contributed by atoms with van der Waals surface area (Å²) in [6.07, 6.45) is 0. The lowest BCUT2D eigenvalue weighted by molar-refractivity contribution is 0.240. The van der Waals surface area contributed by atoms with E-state index in [9.17, 15) is 4.79 Å². The number of benzene rings is 3. The number of aromatic nitrogens is 2. The van der Waals surface area contributed by atoms with Crippen LogP contribution in [0.2, 0.25) is 0 Å². The van der Waals surface area contributed by atoms with Crippen molar-refractivity contribution < 1.29 is 0 Å². The fourth-order valence-electron chi connectivity index (χ4n) is 3.43. The van der Waals surface area contributed by atoms with Crippen molar-refractivity contribution in [3.05, 3.63) is 88.3 Å². The van der Waals surface area contributed by atoms with Gasteiger partial charge in [0.1, 0.15) is 0 Å². The lowest BCUT2D eigenvalue weighted by atomic mass is 10.1. The molecular formula is C22H21N3O. The Morgan fingerprint density at radius 1 is 0.923 bits per heavy atom. The van der Waals surface area contributed by atoms with Gasteiger partial charge >= 0.3 is 0 Å². The highest BCUT2D eigenvalue weighted by molar-refractivity contribution is 5.83. The fourth-order valence-corrected chi connectivity index (χ4v) is 3.43. The summed E-state index contributed by atoms with van der Waals surface area (Å²) >= 11 is 0. The third-order valence-corrected chi connectivity index (χ3v) is 4.69. The van der Waals surface area contributed by atoms with Crippen molar-refractivity contribution in [1.29, 1.82) is 0 Å². The molecule has 1 heterocycles. The Kier molecular flexibility index (Phi) is 4.27. The van der Waals surface area contributed by atoms with Crippen molar-refractivity contribution in [3.8, 4) is 0 Å². The van der Waals surface area contributed by atoms with Crippen molar-refractivity contribution in [2.75, 3.05) is 7.05 Å². The zero-order chi connectivity index (χ0) is 18.1. The molecule has 0 atom stereocenters. The van der Waals surface area contributed by atoms with Crippen LogP contribution in [0.4, 0.5) is 0 Å². The highest BCUT2D eigenvalue weighted by atomic mass is 16.1. The molecule has 0 bridgehead atoms. The minimum absolute atomic E-state index is 0.0449. The minimum atomic E-state index is -0.0449. The SMILES string of the molecule is Cc1nn(CN(C)Cc2ccc3ccccc3c2)c(=O)c2ccccc12. The van der Waals surface area contributed by atoms with Crippen molar-refractivity contribution in [2.45, 2.75) is 20.1 Å². The Labute approximate surface area is 152 Å². The van der Waals surface area contributed by atoms with Gasteiger partial charge in [-0.1, -0.05) is 54.6 Å². The molecule has 4 aromatic rings. The van der Waals surface area contributed by atoms with E-state index in [0.29, 0.717) is 6.67 Å². The van der Waals surface area contributed by atoms with Crippen molar-refractivity contribution in [3.63, 3.8) is 0 Å². The minimum Gasteiger partial charge on any atom is -0.283 e. The second-order valence-corrected chi connectivity index (χ2v) is 6.77. The van der Waals surface area contributed by atoms with E-state index < -0.39 is 0 Å². The Bertz CT molecular complexity index is 1150. The molecule has 0 spiro atoms. The first-order valence-electron chi connectivity index (χ1n) is 8.74. The molecule has 3 aromatic carbocycles. The van der Waals surface area contributed by atoms with Crippen LogP contribution in [0.1, 0.15) is 11.3 Å². The average molecular weight is 343 g/mol. The summed E-state index contributed by atoms with van der Waals surface area (Å²) in [5.74, 6) is 0. The van der Waals surface area contributed by atoms with Crippen LogP contribution in [0.25, 0.3) is 21.5 Å². The molecule has 0 aliphatic rings. The van der Waals surface area contributed by atoms with E-state index >= 15 is 0 Å². The number of hydrogen-bond donors (Lipinski definition) is 0. The molecule has 4 rings (SSSR count). The van der Waals surface area contributed by atoms with Crippen LogP contribution in [0.15, 0.2) is 71.5 Å². The van der Waals surface area contributed by atoms with E-state index in [1.165, 1.54) is 16.3 Å². The zero-order valence-corrected chi connectivity index (χ0v) is 15.0. The maximum atomic E-state index is 12.7. The van der Waals surface area contributed by atoms with Gasteiger partial charge in [0.15, 0.2) is 0 Å². The maximum Gasteiger partial charge on any atom is 0.275 e. The standard InChI is InChI=1S/C22H21N3O/c1-16-20-9-5-6-10-21(20)22(26)25(23-16)15-24(2)14-17-11-12-18-7-3-4-8-19(18)13-17/h3-13H,14-15H2,1-2H3. The van der Waals surface area contributed by atoms with Crippen LogP contribution < -0.4 is 5.56 Å². The molecule has 0 radical (unpaired) electrons. The van der Waals surface area contributed by atoms with E-state index in [2.05, 4.69) is 46.4 Å². The van der Waals surface area contributed by atoms with E-state index in [1.54, 1.807) is 4.68 Å². The monoisotopic (exact) mass is 343 g/mol. The van der Waals surface area contributed by atoms with Crippen LogP contribution in [0, 0.1) is 6.92 Å². The van der Waals surface area contributed by atoms with Gasteiger partial charge in [0.05, 0.1) is 17.7 Å². The molecule has 0 unspecified atom stereocenters. The van der Waals surface area contributed by atoms with Crippen LogP contribution in [-0.4, -0.2) is 21.7 Å². The lowest BCUT2D eigenvalue weighted by Gasteiger charge is -2.18. The summed E-state index contributed by atoms with van der Waals surface area (Å²) in [6, 6.07) is 22.5. The molecule has 0 aliphatic heterocycles. The second kappa shape index (κ2) is 6.73. The molecule has 1 aromatic heterocycles. The quantitative estimate of drug-likeness (QED) is 0.563. The van der Waals surface area contributed by atoms with Gasteiger partial charge in [0.2, 0.25) is 0 Å². The predicted octanol–water partition coefficient (Wildman–Crippen LogP) is 3.95. The van der Waals surface area contributed by atoms with Gasteiger partial charge in [-0.3, -0.25) is 9.69 Å². The van der Waals surface area contributed by atoms with Crippen molar-refractivity contribution in [1.82, 2.24) is 14.7 Å². The summed E-state index contributed by atoms with van der Waals surface area (Å²) in [7, 11) is 2.01. The van der Waals surface area contributed by atoms with Gasteiger partial charge in [-0.2, -0.15) is 5.10 Å². The highest BCUT2D eigenvalue weighted by Gasteiger charge is 2.09. The molecule has 0 aliphatic carbocycles. The zero-order valence-electron chi connectivity index (χ0n) is 15.0. The molecule has 0 saturated heterocycles. The summed E-state index contributed by atoms with van der Waals surface area (Å²) < 4.78 is 1.55. The first-order valence-corrected chi connectivity index (χ1v) is 8.74. The molecule has 4 nitrogen and oxygen atoms in total. The lowest BCUT2D eigenvalue weighted by Crippen LogP contribution is -2.32. The highest BCUT2D eigenvalue weighted by Crippen LogP contribution is 2.17. The van der Waals surface area contributed by atoms with Gasteiger partial charge < -0.3 is 0 Å². The molecule has 0 saturated carbocycles. The topological polar surface area (TPSA) is 38.1 Å². The van der Waals surface area contributed by atoms with Gasteiger partial charge in [0, 0.05) is 11.9 Å². The largest absolute Gasteiger partial charge is 0.283 e. The first kappa shape index (κ1) is 16.5. The van der Waals surface area contributed by atoms with E-state index in [-0.39, 0.29) is 5.56 Å². The third-order valence-electron chi connectivity index (χ3n) is 4.69. The van der Waals surface area contributed by atoms with Crippen LogP contribution in [-0.2, 0) is 13.2 Å². The fraction of sp³-hybridized carbons (Fsp3) is 0.182. The third kappa shape index (κ3) is 3.11. The average Bonchev–Trinajstić information content (AvgIpc) is 2.66. The number of hydrogen-bond acceptors (Lipinski definition) is 3. The Hall–Kier alpha value is -2.98. The van der Waals surface area contributed by atoms with Crippen molar-refractivity contribution >= 4 is 21.5 Å². The molecule has 0 amide bonds. The summed E-state index contributed by atoms with van der Waals surface area (Å²) in [5.41, 5.74) is 2.05. The smallest absolute Gasteiger partial charge is 0.275 e. The Morgan fingerprint density at radius 3 is 2.42 bits per heavy atom. The summed E-state index contributed by atoms with van der Waals surface area (Å²) in [4.78, 5) is 14.8. The van der Waals surface area contributed by atoms with Crippen LogP contribution >= 0.6 is 0 Å². The van der Waals surface area contributed by atoms with E-state index in [0.717, 1.165) is 23.0 Å². The number of nitrogens with zero attached hydrogens (tertiary/aromatic N) is 3. The summed E-state index contributed by atoms with van der Waals surface area (Å²) in [6.45, 7) is 3.16. The number of fused-ring (bicyclic) bond motifs is 2. The Morgan fingerprint density at radius 2 is 1.62 bits per heavy atom. The molecule has 4 heteroatoms. The second-order valence-electron chi connectivity index (χ2n) is 6.77. The van der Waals surface area contributed by atoms with Gasteiger partial charge in [0.25, 0.3) is 5.56 Å². The molecule has 0 N–H and O–H groups in total. The van der Waals surface area contributed by atoms with Crippen LogP contribution in [0.3, 0.4) is 0 Å². The first-order chi connectivity index (χ1) is 12.6. The predicted molar refractivity (Wildman–Crippen MR) is 106 cm³/mol. The normalized spacial score (nSPS) is 11.5. The van der Waals surface area contributed by atoms with Gasteiger partial charge in [-0.05, 0) is 42.4 Å². The number of aryl methyl sites for hydroxylation is 1. The molecular weight excluding hydrogens is 322 g/mol.